The van der Waals surface area contributed by atoms with Gasteiger partial charge in [0, 0.05) is 24.3 Å². The summed E-state index contributed by atoms with van der Waals surface area (Å²) >= 11 is 0. The molecule has 2 bridgehead atoms. The number of hydrogen-bond acceptors (Lipinski definition) is 2. The summed E-state index contributed by atoms with van der Waals surface area (Å²) in [6, 6.07) is 6.97. The van der Waals surface area contributed by atoms with E-state index in [0.29, 0.717) is 16.9 Å². The summed E-state index contributed by atoms with van der Waals surface area (Å²) in [5.74, 6) is 0.734. The largest absolute Gasteiger partial charge is 0.484 e. The average Bonchev–Trinajstić information content (AvgIpc) is 2.66. The SMILES string of the molecule is CP(=O)(O)Cc1cccc(C(OCC(F)(F)F)=C2C3CCCC2C2=C(CCCC2)C3)c1. The van der Waals surface area contributed by atoms with Crippen LogP contribution in [0.15, 0.2) is 41.0 Å². The van der Waals surface area contributed by atoms with Gasteiger partial charge in [0.05, 0.1) is 0 Å². The third-order valence-corrected chi connectivity index (χ3v) is 7.66. The molecule has 0 amide bonds. The minimum atomic E-state index is -4.42. The lowest BCUT2D eigenvalue weighted by Gasteiger charge is -2.43. The molecule has 1 aromatic rings. The fourth-order valence-corrected chi connectivity index (χ4v) is 6.54. The first-order valence-corrected chi connectivity index (χ1v) is 13.4. The van der Waals surface area contributed by atoms with E-state index in [2.05, 4.69) is 0 Å². The second kappa shape index (κ2) is 8.78. The summed E-state index contributed by atoms with van der Waals surface area (Å²) in [4.78, 5) is 9.78. The number of allylic oxidation sites excluding steroid dienone is 3. The molecule has 31 heavy (non-hydrogen) atoms. The maximum absolute atomic E-state index is 13.1. The summed E-state index contributed by atoms with van der Waals surface area (Å²) in [6.45, 7) is -0.0323. The summed E-state index contributed by atoms with van der Waals surface area (Å²) in [5, 5.41) is 0. The minimum absolute atomic E-state index is 0.00905. The Balaban J connectivity index is 1.80. The van der Waals surface area contributed by atoms with Gasteiger partial charge in [-0.25, -0.2) is 0 Å². The van der Waals surface area contributed by atoms with Gasteiger partial charge in [-0.2, -0.15) is 13.2 Å². The van der Waals surface area contributed by atoms with Crippen LogP contribution in [0.5, 0.6) is 0 Å². The Labute approximate surface area is 181 Å². The Bertz CT molecular complexity index is 942. The molecule has 0 spiro atoms. The van der Waals surface area contributed by atoms with Crippen molar-refractivity contribution in [2.24, 2.45) is 11.8 Å². The van der Waals surface area contributed by atoms with Crippen molar-refractivity contribution in [3.8, 4) is 0 Å². The first kappa shape index (κ1) is 22.7. The van der Waals surface area contributed by atoms with Gasteiger partial charge in [0.1, 0.15) is 5.76 Å². The van der Waals surface area contributed by atoms with E-state index in [-0.39, 0.29) is 18.0 Å². The molecule has 3 atom stereocenters. The smallest absolute Gasteiger partial charge is 0.422 e. The number of benzene rings is 1. The van der Waals surface area contributed by atoms with Crippen LogP contribution in [0.3, 0.4) is 0 Å². The molecular weight excluding hydrogens is 424 g/mol. The Morgan fingerprint density at radius 2 is 1.97 bits per heavy atom. The molecule has 3 aliphatic carbocycles. The maximum atomic E-state index is 13.1. The Morgan fingerprint density at radius 1 is 1.19 bits per heavy atom. The molecule has 1 N–H and O–H groups in total. The molecule has 0 aliphatic heterocycles. The van der Waals surface area contributed by atoms with Crippen LogP contribution in [0.25, 0.3) is 5.76 Å². The summed E-state index contributed by atoms with van der Waals surface area (Å²) < 4.78 is 56.8. The second-order valence-electron chi connectivity index (χ2n) is 9.32. The number of alkyl halides is 3. The molecule has 0 heterocycles. The lowest BCUT2D eigenvalue weighted by molar-refractivity contribution is -0.158. The zero-order valence-electron chi connectivity index (χ0n) is 17.9. The summed E-state index contributed by atoms with van der Waals surface area (Å²) in [7, 11) is -3.29. The Hall–Kier alpha value is -1.52. The molecule has 3 nitrogen and oxygen atoms in total. The highest BCUT2D eigenvalue weighted by Gasteiger charge is 2.40. The van der Waals surface area contributed by atoms with Crippen LogP contribution in [0.2, 0.25) is 0 Å². The van der Waals surface area contributed by atoms with Gasteiger partial charge < -0.3 is 9.63 Å². The minimum Gasteiger partial charge on any atom is -0.484 e. The van der Waals surface area contributed by atoms with Gasteiger partial charge in [-0.3, -0.25) is 4.57 Å². The molecule has 1 aromatic carbocycles. The normalized spacial score (nSPS) is 27.4. The van der Waals surface area contributed by atoms with E-state index in [1.807, 2.05) is 0 Å². The molecule has 1 fully saturated rings. The lowest BCUT2D eigenvalue weighted by Crippen LogP contribution is -2.30. The number of hydrogen-bond donors (Lipinski definition) is 1. The van der Waals surface area contributed by atoms with E-state index < -0.39 is 20.2 Å². The highest BCUT2D eigenvalue weighted by atomic mass is 31.2. The van der Waals surface area contributed by atoms with Crippen molar-refractivity contribution in [1.82, 2.24) is 0 Å². The average molecular weight is 454 g/mol. The van der Waals surface area contributed by atoms with Crippen LogP contribution >= 0.6 is 7.37 Å². The van der Waals surface area contributed by atoms with E-state index in [9.17, 15) is 22.6 Å². The van der Waals surface area contributed by atoms with E-state index in [0.717, 1.165) is 50.5 Å². The third kappa shape index (κ3) is 5.46. The molecule has 4 rings (SSSR count). The van der Waals surface area contributed by atoms with Crippen molar-refractivity contribution in [2.45, 2.75) is 63.7 Å². The van der Waals surface area contributed by atoms with Crippen LogP contribution < -0.4 is 0 Å². The van der Waals surface area contributed by atoms with Crippen molar-refractivity contribution in [3.63, 3.8) is 0 Å². The van der Waals surface area contributed by atoms with Gasteiger partial charge >= 0.3 is 6.18 Å². The quantitative estimate of drug-likeness (QED) is 0.294. The van der Waals surface area contributed by atoms with Crippen LogP contribution in [0, 0.1) is 11.8 Å². The Kier molecular flexibility index (Phi) is 6.42. The van der Waals surface area contributed by atoms with Gasteiger partial charge in [0.15, 0.2) is 6.61 Å². The molecule has 7 heteroatoms. The molecule has 3 aliphatic rings. The Morgan fingerprint density at radius 3 is 2.71 bits per heavy atom. The first-order chi connectivity index (χ1) is 14.6. The van der Waals surface area contributed by atoms with Crippen molar-refractivity contribution >= 4 is 13.1 Å². The number of ether oxygens (including phenoxy) is 1. The fourth-order valence-electron chi connectivity index (χ4n) is 5.66. The van der Waals surface area contributed by atoms with Gasteiger partial charge in [-0.05, 0) is 68.1 Å². The van der Waals surface area contributed by atoms with E-state index in [1.54, 1.807) is 24.3 Å². The monoisotopic (exact) mass is 454 g/mol. The van der Waals surface area contributed by atoms with Crippen molar-refractivity contribution in [3.05, 3.63) is 52.1 Å². The molecule has 0 saturated heterocycles. The molecule has 1 saturated carbocycles. The topological polar surface area (TPSA) is 46.5 Å². The number of halogens is 3. The van der Waals surface area contributed by atoms with Crippen LogP contribution in [0.4, 0.5) is 13.2 Å². The van der Waals surface area contributed by atoms with Crippen LogP contribution in [-0.2, 0) is 15.5 Å². The maximum Gasteiger partial charge on any atom is 0.422 e. The van der Waals surface area contributed by atoms with Crippen LogP contribution in [-0.4, -0.2) is 24.3 Å². The number of rotatable bonds is 5. The van der Waals surface area contributed by atoms with Gasteiger partial charge in [-0.15, -0.1) is 0 Å². The zero-order chi connectivity index (χ0) is 22.2. The molecule has 0 aromatic heterocycles. The predicted molar refractivity (Wildman–Crippen MR) is 116 cm³/mol. The summed E-state index contributed by atoms with van der Waals surface area (Å²) in [5.41, 5.74) is 5.22. The van der Waals surface area contributed by atoms with E-state index >= 15 is 0 Å². The first-order valence-electron chi connectivity index (χ1n) is 11.1. The summed E-state index contributed by atoms with van der Waals surface area (Å²) in [6.07, 6.45) is 4.02. The van der Waals surface area contributed by atoms with Gasteiger partial charge in [0.2, 0.25) is 7.37 Å². The number of fused-ring (bicyclic) bond motifs is 3. The van der Waals surface area contributed by atoms with Crippen molar-refractivity contribution in [2.75, 3.05) is 13.3 Å². The van der Waals surface area contributed by atoms with Gasteiger partial charge in [-0.1, -0.05) is 35.8 Å². The molecular formula is C24H30F3O3P. The highest BCUT2D eigenvalue weighted by molar-refractivity contribution is 7.56. The lowest BCUT2D eigenvalue weighted by atomic mass is 9.62. The van der Waals surface area contributed by atoms with Crippen molar-refractivity contribution < 1.29 is 27.4 Å². The fraction of sp³-hybridized carbons (Fsp3) is 0.583. The van der Waals surface area contributed by atoms with Crippen molar-refractivity contribution in [1.29, 1.82) is 0 Å². The van der Waals surface area contributed by atoms with E-state index in [1.165, 1.54) is 24.2 Å². The zero-order valence-corrected chi connectivity index (χ0v) is 18.8. The third-order valence-electron chi connectivity index (χ3n) is 6.71. The standard InChI is InChI=1S/C24H30F3O3P/c1-31(28,29)14-16-6-4-9-19(12-16)23(30-15-24(25,26)27)22-18-8-5-11-21(22)20-10-3-2-7-17(20)13-18/h4,6,9,12,18,21H,2-3,5,7-8,10-11,13-15H2,1H3,(H,28,29). The van der Waals surface area contributed by atoms with Crippen LogP contribution in [0.1, 0.15) is 62.5 Å². The predicted octanol–water partition coefficient (Wildman–Crippen LogP) is 7.07. The second-order valence-corrected chi connectivity index (χ2v) is 11.7. The van der Waals surface area contributed by atoms with Gasteiger partial charge in [0.25, 0.3) is 0 Å². The van der Waals surface area contributed by atoms with E-state index in [4.69, 9.17) is 4.74 Å². The molecule has 170 valence electrons. The molecule has 0 radical (unpaired) electrons. The highest BCUT2D eigenvalue weighted by Crippen LogP contribution is 2.53. The molecule has 3 unspecified atom stereocenters.